The van der Waals surface area contributed by atoms with Gasteiger partial charge in [-0.05, 0) is 49.4 Å². The summed E-state index contributed by atoms with van der Waals surface area (Å²) in [5, 5.41) is 2.76. The summed E-state index contributed by atoms with van der Waals surface area (Å²) in [5.74, 6) is -0.614. The minimum Gasteiger partial charge on any atom is -0.457 e. The quantitative estimate of drug-likeness (QED) is 0.557. The number of nitrogens with one attached hydrogen (secondary N) is 1. The van der Waals surface area contributed by atoms with Gasteiger partial charge < -0.3 is 26.0 Å². The van der Waals surface area contributed by atoms with Crippen LogP contribution in [0.5, 0.6) is 0 Å². The van der Waals surface area contributed by atoms with Gasteiger partial charge >= 0.3 is 18.0 Å². The van der Waals surface area contributed by atoms with Gasteiger partial charge in [0.1, 0.15) is 11.1 Å². The van der Waals surface area contributed by atoms with Crippen LogP contribution >= 0.6 is 11.3 Å². The summed E-state index contributed by atoms with van der Waals surface area (Å²) >= 11 is 1.18. The van der Waals surface area contributed by atoms with Crippen molar-refractivity contribution in [2.75, 3.05) is 31.5 Å². The predicted molar refractivity (Wildman–Crippen MR) is 128 cm³/mol. The molecule has 0 saturated carbocycles. The summed E-state index contributed by atoms with van der Waals surface area (Å²) in [6.07, 6.45) is 2.83. The molecule has 0 radical (unpaired) electrons. The van der Waals surface area contributed by atoms with E-state index in [1.54, 1.807) is 18.2 Å². The summed E-state index contributed by atoms with van der Waals surface area (Å²) in [5.41, 5.74) is 12.2. The number of thiophene rings is 1. The molecule has 1 aromatic heterocycles. The third kappa shape index (κ3) is 5.30. The van der Waals surface area contributed by atoms with Gasteiger partial charge in [-0.25, -0.2) is 14.4 Å². The van der Waals surface area contributed by atoms with Crippen LogP contribution < -0.4 is 16.8 Å². The summed E-state index contributed by atoms with van der Waals surface area (Å²) in [7, 11) is 0. The van der Waals surface area contributed by atoms with Crippen LogP contribution in [0, 0.1) is 0 Å². The number of primary amides is 2. The average molecular weight is 486 g/mol. The van der Waals surface area contributed by atoms with Crippen molar-refractivity contribution < 1.29 is 23.9 Å². The molecule has 10 nitrogen and oxygen atoms in total. The van der Waals surface area contributed by atoms with E-state index in [9.17, 15) is 19.2 Å². The second-order valence-electron chi connectivity index (χ2n) is 8.37. The first-order chi connectivity index (χ1) is 16.3. The Balaban J connectivity index is 1.52. The number of carbonyl (C=O) groups excluding carboxylic acids is 4. The predicted octanol–water partition coefficient (Wildman–Crippen LogP) is 2.84. The van der Waals surface area contributed by atoms with Gasteiger partial charge in [-0.1, -0.05) is 12.1 Å². The van der Waals surface area contributed by atoms with E-state index in [1.807, 2.05) is 17.0 Å². The molecule has 0 aliphatic carbocycles. The standard InChI is InChI=1S/C23H27N5O5S/c24-22(31)26-19-17(21(30)33-16-4-3-11-28(13-16)23(25)32)12-18(34-19)14-5-7-15(8-6-14)20(29)27-9-1-2-10-27/h5-8,12,16H,1-4,9-11,13H2,(H2,25,32)(H3,24,26,31). The first kappa shape index (κ1) is 23.6. The van der Waals surface area contributed by atoms with Crippen LogP contribution in [0.25, 0.3) is 10.4 Å². The molecule has 2 aliphatic rings. The third-order valence-corrected chi connectivity index (χ3v) is 7.06. The lowest BCUT2D eigenvalue weighted by Gasteiger charge is -2.31. The molecule has 34 heavy (non-hydrogen) atoms. The zero-order valence-electron chi connectivity index (χ0n) is 18.6. The average Bonchev–Trinajstić information content (AvgIpc) is 3.49. The number of anilines is 1. The summed E-state index contributed by atoms with van der Waals surface area (Å²) < 4.78 is 5.61. The lowest BCUT2D eigenvalue weighted by molar-refractivity contribution is 0.0129. The number of urea groups is 2. The molecule has 1 aromatic carbocycles. The maximum atomic E-state index is 12.9. The van der Waals surface area contributed by atoms with Gasteiger partial charge in [0.25, 0.3) is 5.91 Å². The number of amides is 5. The number of ether oxygens (including phenoxy) is 1. The number of nitrogens with zero attached hydrogens (tertiary/aromatic N) is 2. The Morgan fingerprint density at radius 3 is 2.29 bits per heavy atom. The van der Waals surface area contributed by atoms with Crippen LogP contribution in [0.1, 0.15) is 46.4 Å². The van der Waals surface area contributed by atoms with E-state index in [2.05, 4.69) is 5.32 Å². The van der Waals surface area contributed by atoms with Gasteiger partial charge in [-0.2, -0.15) is 0 Å². The molecule has 1 atom stereocenters. The van der Waals surface area contributed by atoms with E-state index in [0.717, 1.165) is 31.5 Å². The highest BCUT2D eigenvalue weighted by Gasteiger charge is 2.28. The Kier molecular flexibility index (Phi) is 7.01. The fourth-order valence-corrected chi connectivity index (χ4v) is 5.27. The summed E-state index contributed by atoms with van der Waals surface area (Å²) in [6.45, 7) is 2.30. The molecule has 2 fully saturated rings. The first-order valence-corrected chi connectivity index (χ1v) is 12.0. The van der Waals surface area contributed by atoms with Crippen molar-refractivity contribution in [3.05, 3.63) is 41.5 Å². The highest BCUT2D eigenvalue weighted by molar-refractivity contribution is 7.20. The van der Waals surface area contributed by atoms with Gasteiger partial charge in [0.2, 0.25) is 0 Å². The van der Waals surface area contributed by atoms with E-state index < -0.39 is 24.1 Å². The fourth-order valence-electron chi connectivity index (χ4n) is 4.22. The number of hydrogen-bond donors (Lipinski definition) is 3. The number of esters is 1. The molecule has 5 amide bonds. The summed E-state index contributed by atoms with van der Waals surface area (Å²) in [6, 6.07) is 7.41. The molecule has 11 heteroatoms. The molecule has 3 heterocycles. The van der Waals surface area contributed by atoms with E-state index in [0.29, 0.717) is 29.8 Å². The zero-order chi connectivity index (χ0) is 24.2. The lowest BCUT2D eigenvalue weighted by atomic mass is 10.1. The van der Waals surface area contributed by atoms with E-state index >= 15 is 0 Å². The number of hydrogen-bond acceptors (Lipinski definition) is 6. The smallest absolute Gasteiger partial charge is 0.341 e. The van der Waals surface area contributed by atoms with E-state index in [1.165, 1.54) is 16.2 Å². The van der Waals surface area contributed by atoms with Crippen molar-refractivity contribution >= 4 is 40.3 Å². The van der Waals surface area contributed by atoms with Crippen LogP contribution in [0.3, 0.4) is 0 Å². The van der Waals surface area contributed by atoms with Gasteiger partial charge in [0.05, 0.1) is 12.1 Å². The second-order valence-corrected chi connectivity index (χ2v) is 9.43. The Labute approximate surface area is 200 Å². The molecule has 5 N–H and O–H groups in total. The molecule has 2 saturated heterocycles. The van der Waals surface area contributed by atoms with Crippen LogP contribution in [-0.2, 0) is 4.74 Å². The highest BCUT2D eigenvalue weighted by atomic mass is 32.1. The number of piperidine rings is 1. The van der Waals surface area contributed by atoms with Crippen molar-refractivity contribution in [2.24, 2.45) is 11.5 Å². The zero-order valence-corrected chi connectivity index (χ0v) is 19.4. The topological polar surface area (TPSA) is 148 Å². The molecule has 180 valence electrons. The Hall–Kier alpha value is -3.60. The molecule has 2 aromatic rings. The van der Waals surface area contributed by atoms with Crippen LogP contribution in [-0.4, -0.2) is 66.0 Å². The van der Waals surface area contributed by atoms with Crippen LogP contribution in [0.2, 0.25) is 0 Å². The van der Waals surface area contributed by atoms with Gasteiger partial charge in [-0.15, -0.1) is 11.3 Å². The number of likely N-dealkylation sites (tertiary alicyclic amines) is 2. The van der Waals surface area contributed by atoms with Crippen molar-refractivity contribution in [3.63, 3.8) is 0 Å². The maximum Gasteiger partial charge on any atom is 0.341 e. The number of nitrogens with two attached hydrogens (primary N) is 2. The minimum atomic E-state index is -0.799. The minimum absolute atomic E-state index is 0.00747. The molecular formula is C23H27N5O5S. The Morgan fingerprint density at radius 1 is 0.971 bits per heavy atom. The van der Waals surface area contributed by atoms with Gasteiger partial charge in [-0.3, -0.25) is 10.1 Å². The SMILES string of the molecule is NC(=O)Nc1sc(-c2ccc(C(=O)N3CCCC3)cc2)cc1C(=O)OC1CCCN(C(N)=O)C1. The van der Waals surface area contributed by atoms with Crippen molar-refractivity contribution in [2.45, 2.75) is 31.8 Å². The second kappa shape index (κ2) is 10.1. The lowest BCUT2D eigenvalue weighted by Crippen LogP contribution is -2.46. The molecule has 1 unspecified atom stereocenters. The van der Waals surface area contributed by atoms with E-state index in [4.69, 9.17) is 16.2 Å². The monoisotopic (exact) mass is 485 g/mol. The fraction of sp³-hybridized carbons (Fsp3) is 0.391. The number of rotatable bonds is 5. The highest BCUT2D eigenvalue weighted by Crippen LogP contribution is 2.36. The molecule has 4 rings (SSSR count). The van der Waals surface area contributed by atoms with Gasteiger partial charge in [0.15, 0.2) is 0 Å². The maximum absolute atomic E-state index is 12.9. The first-order valence-electron chi connectivity index (χ1n) is 11.2. The normalized spacial score (nSPS) is 17.9. The largest absolute Gasteiger partial charge is 0.457 e. The molecule has 2 aliphatic heterocycles. The van der Waals surface area contributed by atoms with E-state index in [-0.39, 0.29) is 23.0 Å². The summed E-state index contributed by atoms with van der Waals surface area (Å²) in [4.78, 5) is 52.5. The number of carbonyl (C=O) groups is 4. The Morgan fingerprint density at radius 2 is 1.65 bits per heavy atom. The number of benzene rings is 1. The van der Waals surface area contributed by atoms with Crippen molar-refractivity contribution in [1.29, 1.82) is 0 Å². The van der Waals surface area contributed by atoms with Crippen LogP contribution in [0.4, 0.5) is 14.6 Å². The third-order valence-electron chi connectivity index (χ3n) is 5.96. The molecule has 0 spiro atoms. The molecular weight excluding hydrogens is 458 g/mol. The molecule has 0 bridgehead atoms. The van der Waals surface area contributed by atoms with Gasteiger partial charge in [0, 0.05) is 30.1 Å². The van der Waals surface area contributed by atoms with Crippen molar-refractivity contribution in [3.8, 4) is 10.4 Å². The Bertz CT molecular complexity index is 1090. The van der Waals surface area contributed by atoms with Crippen LogP contribution in [0.15, 0.2) is 30.3 Å². The van der Waals surface area contributed by atoms with Crippen molar-refractivity contribution in [1.82, 2.24) is 9.80 Å².